The molecule has 2 aromatic rings. The molecule has 0 radical (unpaired) electrons. The Balaban J connectivity index is 1.45. The first-order valence-corrected chi connectivity index (χ1v) is 11.8. The second-order valence-corrected chi connectivity index (χ2v) is 9.14. The van der Waals surface area contributed by atoms with Crippen LogP contribution in [0.25, 0.3) is 5.57 Å². The highest BCUT2D eigenvalue weighted by atomic mass is 79.9. The van der Waals surface area contributed by atoms with Crippen LogP contribution >= 0.6 is 15.9 Å². The molecule has 184 valence electrons. The quantitative estimate of drug-likeness (QED) is 0.287. The number of carbonyl (C=O) groups excluding carboxylic acids is 3. The lowest BCUT2D eigenvalue weighted by Gasteiger charge is -2.27. The molecule has 0 fully saturated rings. The summed E-state index contributed by atoms with van der Waals surface area (Å²) in [5.74, 6) is -1.25. The van der Waals surface area contributed by atoms with Crippen LogP contribution in [-0.4, -0.2) is 75.6 Å². The van der Waals surface area contributed by atoms with E-state index < -0.39 is 11.9 Å². The summed E-state index contributed by atoms with van der Waals surface area (Å²) in [7, 11) is 0. The topological polar surface area (TPSA) is 197 Å². The predicted octanol–water partition coefficient (Wildman–Crippen LogP) is 0.756. The number of nitrogens with zero attached hydrogens (tertiary/aromatic N) is 4. The number of aromatic amines is 2. The second kappa shape index (κ2) is 9.37. The molecular weight excluding hydrogens is 532 g/mol. The number of aliphatic imine (C=N–C) groups is 3. The van der Waals surface area contributed by atoms with Crippen LogP contribution in [0.3, 0.4) is 0 Å². The summed E-state index contributed by atoms with van der Waals surface area (Å²) in [6.45, 7) is 0.374. The molecule has 14 heteroatoms. The van der Waals surface area contributed by atoms with E-state index in [0.29, 0.717) is 41.2 Å². The largest absolute Gasteiger partial charge is 0.369 e. The van der Waals surface area contributed by atoms with Crippen LogP contribution < -0.4 is 16.4 Å². The zero-order valence-corrected chi connectivity index (χ0v) is 20.3. The van der Waals surface area contributed by atoms with Crippen molar-refractivity contribution in [3.05, 3.63) is 51.6 Å². The van der Waals surface area contributed by atoms with Crippen molar-refractivity contribution in [2.75, 3.05) is 13.1 Å². The number of amides is 3. The minimum Gasteiger partial charge on any atom is -0.369 e. The van der Waals surface area contributed by atoms with E-state index in [9.17, 15) is 14.4 Å². The molecule has 3 amide bonds. The van der Waals surface area contributed by atoms with Gasteiger partial charge in [0.15, 0.2) is 0 Å². The average Bonchev–Trinajstić information content (AvgIpc) is 3.62. The van der Waals surface area contributed by atoms with Gasteiger partial charge < -0.3 is 26.3 Å². The van der Waals surface area contributed by atoms with Gasteiger partial charge in [0.2, 0.25) is 11.9 Å². The SMILES string of the molecule is N=C1N=CC(CC(CNC(=O)c2cc(Br)c[nH]2)N2C(=O)/C(=C3/CCNC(=O)c4[nH]ccc43)N=C2N)=N1. The van der Waals surface area contributed by atoms with Crippen molar-refractivity contribution in [1.29, 1.82) is 5.41 Å². The predicted molar refractivity (Wildman–Crippen MR) is 136 cm³/mol. The Kier molecular flexibility index (Phi) is 6.10. The van der Waals surface area contributed by atoms with Gasteiger partial charge in [-0.15, -0.1) is 0 Å². The molecule has 2 aromatic heterocycles. The first-order valence-electron chi connectivity index (χ1n) is 11.0. The summed E-state index contributed by atoms with van der Waals surface area (Å²) in [4.78, 5) is 58.0. The van der Waals surface area contributed by atoms with Gasteiger partial charge in [0.1, 0.15) is 17.1 Å². The molecular formula is C22H21BrN10O3. The zero-order chi connectivity index (χ0) is 25.4. The number of guanidine groups is 2. The molecule has 0 aliphatic carbocycles. The maximum Gasteiger partial charge on any atom is 0.279 e. The molecule has 3 aliphatic rings. The van der Waals surface area contributed by atoms with Crippen LogP contribution in [0, 0.1) is 5.41 Å². The van der Waals surface area contributed by atoms with Crippen molar-refractivity contribution in [3.63, 3.8) is 0 Å². The summed E-state index contributed by atoms with van der Waals surface area (Å²) < 4.78 is 0.724. The molecule has 0 bridgehead atoms. The monoisotopic (exact) mass is 552 g/mol. The lowest BCUT2D eigenvalue weighted by Crippen LogP contribution is -2.51. The van der Waals surface area contributed by atoms with Gasteiger partial charge in [0.25, 0.3) is 17.7 Å². The van der Waals surface area contributed by atoms with Crippen molar-refractivity contribution < 1.29 is 14.4 Å². The summed E-state index contributed by atoms with van der Waals surface area (Å²) in [6.07, 6.45) is 5.28. The Morgan fingerprint density at radius 2 is 2.14 bits per heavy atom. The Morgan fingerprint density at radius 1 is 1.31 bits per heavy atom. The average molecular weight is 553 g/mol. The van der Waals surface area contributed by atoms with Crippen LogP contribution in [0.15, 0.2) is 49.7 Å². The van der Waals surface area contributed by atoms with Gasteiger partial charge >= 0.3 is 0 Å². The van der Waals surface area contributed by atoms with Gasteiger partial charge in [-0.25, -0.2) is 15.0 Å². The minimum absolute atomic E-state index is 0.0319. The van der Waals surface area contributed by atoms with Gasteiger partial charge in [-0.3, -0.25) is 24.7 Å². The Morgan fingerprint density at radius 3 is 2.86 bits per heavy atom. The first-order chi connectivity index (χ1) is 17.3. The smallest absolute Gasteiger partial charge is 0.279 e. The summed E-state index contributed by atoms with van der Waals surface area (Å²) in [5.41, 5.74) is 8.74. The molecule has 0 saturated heterocycles. The number of hydrogen-bond donors (Lipinski definition) is 6. The fraction of sp³-hybridized carbons (Fsp3) is 0.227. The van der Waals surface area contributed by atoms with Gasteiger partial charge in [-0.05, 0) is 40.1 Å². The van der Waals surface area contributed by atoms with E-state index >= 15 is 0 Å². The third kappa shape index (κ3) is 4.37. The number of hydrogen-bond acceptors (Lipinski definition) is 6. The molecule has 13 nitrogen and oxygen atoms in total. The highest BCUT2D eigenvalue weighted by molar-refractivity contribution is 9.10. The van der Waals surface area contributed by atoms with Crippen molar-refractivity contribution >= 4 is 63.1 Å². The Labute approximate surface area is 212 Å². The number of fused-ring (bicyclic) bond motifs is 1. The lowest BCUT2D eigenvalue weighted by atomic mass is 10.0. The number of carbonyl (C=O) groups is 3. The zero-order valence-electron chi connectivity index (χ0n) is 18.8. The van der Waals surface area contributed by atoms with Crippen molar-refractivity contribution in [1.82, 2.24) is 25.5 Å². The normalized spacial score (nSPS) is 20.1. The molecule has 5 heterocycles. The van der Waals surface area contributed by atoms with Crippen LogP contribution in [0.2, 0.25) is 0 Å². The molecule has 0 spiro atoms. The van der Waals surface area contributed by atoms with Crippen LogP contribution in [0.4, 0.5) is 0 Å². The lowest BCUT2D eigenvalue weighted by molar-refractivity contribution is -0.124. The fourth-order valence-corrected chi connectivity index (χ4v) is 4.63. The number of nitrogens with one attached hydrogen (secondary N) is 5. The van der Waals surface area contributed by atoms with Gasteiger partial charge in [-0.2, -0.15) is 0 Å². The molecule has 36 heavy (non-hydrogen) atoms. The number of aromatic nitrogens is 2. The summed E-state index contributed by atoms with van der Waals surface area (Å²) >= 11 is 3.30. The van der Waals surface area contributed by atoms with E-state index in [1.807, 2.05) is 0 Å². The van der Waals surface area contributed by atoms with Crippen molar-refractivity contribution in [2.24, 2.45) is 20.7 Å². The van der Waals surface area contributed by atoms with Crippen LogP contribution in [0.1, 0.15) is 39.4 Å². The molecule has 1 atom stereocenters. The van der Waals surface area contributed by atoms with Crippen LogP contribution in [-0.2, 0) is 4.79 Å². The number of rotatable bonds is 6. The maximum atomic E-state index is 13.7. The van der Waals surface area contributed by atoms with E-state index in [2.05, 4.69) is 51.5 Å². The molecule has 0 aromatic carbocycles. The molecule has 1 unspecified atom stereocenters. The molecule has 7 N–H and O–H groups in total. The highest BCUT2D eigenvalue weighted by Gasteiger charge is 2.38. The third-order valence-corrected chi connectivity index (χ3v) is 6.38. The van der Waals surface area contributed by atoms with Crippen molar-refractivity contribution in [3.8, 4) is 0 Å². The standard InChI is InChI=1S/C22H21BrN10O3/c23-10-5-15(28-7-10)18(34)29-9-12(6-11-8-30-21(24)31-11)33-20(36)17(32-22(33)25)14-2-4-27-19(35)16-13(14)1-3-26-16/h1,3,5,7-8,12,24,26,28H,2,4,6,9H2,(H2,25,32)(H,27,35)(H,29,34)/b17-14+,24-21?. The van der Waals surface area contributed by atoms with Gasteiger partial charge in [0, 0.05) is 41.9 Å². The third-order valence-electron chi connectivity index (χ3n) is 5.93. The number of nitrogens with two attached hydrogens (primary N) is 1. The van der Waals surface area contributed by atoms with Crippen LogP contribution in [0.5, 0.6) is 0 Å². The molecule has 3 aliphatic heterocycles. The summed E-state index contributed by atoms with van der Waals surface area (Å²) in [5, 5.41) is 13.2. The van der Waals surface area contributed by atoms with E-state index in [0.717, 1.165) is 4.47 Å². The Hall–Kier alpha value is -4.33. The van der Waals surface area contributed by atoms with Gasteiger partial charge in [-0.1, -0.05) is 0 Å². The highest BCUT2D eigenvalue weighted by Crippen LogP contribution is 2.32. The minimum atomic E-state index is -0.658. The number of halogens is 1. The molecule has 5 rings (SSSR count). The van der Waals surface area contributed by atoms with E-state index in [1.165, 1.54) is 11.1 Å². The van der Waals surface area contributed by atoms with E-state index in [4.69, 9.17) is 11.1 Å². The second-order valence-electron chi connectivity index (χ2n) is 8.23. The molecule has 0 saturated carbocycles. The fourth-order valence-electron chi connectivity index (χ4n) is 4.29. The van der Waals surface area contributed by atoms with Crippen molar-refractivity contribution in [2.45, 2.75) is 18.9 Å². The van der Waals surface area contributed by atoms with E-state index in [-0.39, 0.29) is 42.4 Å². The van der Waals surface area contributed by atoms with E-state index in [1.54, 1.807) is 24.5 Å². The van der Waals surface area contributed by atoms with Gasteiger partial charge in [0.05, 0.1) is 18.0 Å². The Bertz CT molecular complexity index is 1410. The first kappa shape index (κ1) is 23.4. The summed E-state index contributed by atoms with van der Waals surface area (Å²) in [6, 6.07) is 2.70. The maximum absolute atomic E-state index is 13.7. The number of H-pyrrole nitrogens is 2.